The van der Waals surface area contributed by atoms with Gasteiger partial charge in [0.25, 0.3) is 0 Å². The van der Waals surface area contributed by atoms with E-state index in [1.165, 1.54) is 75.5 Å². The van der Waals surface area contributed by atoms with Crippen molar-refractivity contribution >= 4 is 22.9 Å². The number of para-hydroxylation sites is 2. The summed E-state index contributed by atoms with van der Waals surface area (Å²) in [5, 5.41) is 3.18. The van der Waals surface area contributed by atoms with Crippen LogP contribution in [0.4, 0.5) is 5.69 Å². The van der Waals surface area contributed by atoms with Gasteiger partial charge in [0.15, 0.2) is 12.7 Å². The zero-order valence-electron chi connectivity index (χ0n) is 27.0. The van der Waals surface area contributed by atoms with Gasteiger partial charge in [-0.1, -0.05) is 146 Å². The summed E-state index contributed by atoms with van der Waals surface area (Å²) < 4.78 is 8.63. The number of rotatable bonds is 19. The molecule has 42 heavy (non-hydrogen) atoms. The molecule has 2 aromatic carbocycles. The minimum absolute atomic E-state index is 0.0183. The number of ether oxygens (including phenoxy) is 1. The fourth-order valence-corrected chi connectivity index (χ4v) is 6.11. The van der Waals surface area contributed by atoms with Crippen LogP contribution >= 0.6 is 11.3 Å². The zero-order valence-corrected chi connectivity index (χ0v) is 27.8. The van der Waals surface area contributed by atoms with Gasteiger partial charge in [0.1, 0.15) is 5.75 Å². The molecule has 0 aliphatic rings. The highest BCUT2D eigenvalue weighted by Crippen LogP contribution is 2.35. The molecule has 0 unspecified atom stereocenters. The molecule has 3 aromatic rings. The fraction of sp³-hybridized carbons (Fsp3) is 0.568. The van der Waals surface area contributed by atoms with Crippen molar-refractivity contribution in [3.8, 4) is 5.75 Å². The molecule has 1 N–H and O–H groups in total. The molecule has 0 bridgehead atoms. The molecule has 1 amide bonds. The van der Waals surface area contributed by atoms with Gasteiger partial charge < -0.3 is 10.1 Å². The van der Waals surface area contributed by atoms with Crippen LogP contribution in [0.25, 0.3) is 0 Å². The molecule has 0 radical (unpaired) electrons. The van der Waals surface area contributed by atoms with Gasteiger partial charge in [-0.15, -0.1) is 0 Å². The second kappa shape index (κ2) is 18.1. The molecule has 0 aliphatic carbocycles. The van der Waals surface area contributed by atoms with E-state index in [-0.39, 0.29) is 17.7 Å². The van der Waals surface area contributed by atoms with Crippen molar-refractivity contribution in [1.82, 2.24) is 0 Å². The maximum absolute atomic E-state index is 13.3. The number of unbranched alkanes of at least 4 members (excludes halogenated alkanes) is 11. The maximum atomic E-state index is 13.3. The van der Waals surface area contributed by atoms with Crippen LogP contribution in [-0.4, -0.2) is 12.5 Å². The van der Waals surface area contributed by atoms with Crippen molar-refractivity contribution in [2.45, 2.75) is 130 Å². The number of aromatic nitrogens is 1. The molecule has 1 aromatic heterocycles. The first kappa shape index (κ1) is 33.8. The lowest BCUT2D eigenvalue weighted by molar-refractivity contribution is -0.683. The Morgan fingerprint density at radius 1 is 0.833 bits per heavy atom. The van der Waals surface area contributed by atoms with E-state index in [1.807, 2.05) is 24.3 Å². The maximum Gasteiger partial charge on any atom is 0.228 e. The highest BCUT2D eigenvalue weighted by atomic mass is 32.1. The minimum Gasteiger partial charge on any atom is -0.493 e. The Balaban J connectivity index is 1.51. The van der Waals surface area contributed by atoms with Crippen LogP contribution in [0, 0.1) is 6.92 Å². The fourth-order valence-electron chi connectivity index (χ4n) is 5.47. The van der Waals surface area contributed by atoms with E-state index in [2.05, 4.69) is 74.4 Å². The molecular weight excluding hydrogens is 536 g/mol. The molecule has 0 fully saturated rings. The van der Waals surface area contributed by atoms with Crippen molar-refractivity contribution in [3.63, 3.8) is 0 Å². The summed E-state index contributed by atoms with van der Waals surface area (Å²) in [4.78, 5) is 14.6. The van der Waals surface area contributed by atoms with Gasteiger partial charge in [-0.3, -0.25) is 4.79 Å². The molecule has 0 spiro atoms. The van der Waals surface area contributed by atoms with Gasteiger partial charge in [-0.25, -0.2) is 0 Å². The van der Waals surface area contributed by atoms with E-state index in [9.17, 15) is 4.79 Å². The van der Waals surface area contributed by atoms with Crippen molar-refractivity contribution in [2.24, 2.45) is 0 Å². The Kier molecular flexibility index (Phi) is 14.6. The largest absolute Gasteiger partial charge is 0.493 e. The Morgan fingerprint density at radius 2 is 1.45 bits per heavy atom. The van der Waals surface area contributed by atoms with E-state index in [0.29, 0.717) is 6.61 Å². The van der Waals surface area contributed by atoms with E-state index in [0.717, 1.165) is 41.1 Å². The first-order chi connectivity index (χ1) is 20.3. The minimum atomic E-state index is -0.0686. The van der Waals surface area contributed by atoms with Crippen LogP contribution in [0.15, 0.2) is 54.2 Å². The third-order valence-corrected chi connectivity index (χ3v) is 8.72. The predicted octanol–water partition coefficient (Wildman–Crippen LogP) is 9.95. The highest BCUT2D eigenvalue weighted by molar-refractivity contribution is 7.09. The van der Waals surface area contributed by atoms with Crippen LogP contribution in [0.3, 0.4) is 0 Å². The van der Waals surface area contributed by atoms with Crippen LogP contribution in [0.2, 0.25) is 0 Å². The Bertz CT molecular complexity index is 1210. The highest BCUT2D eigenvalue weighted by Gasteiger charge is 2.23. The molecule has 0 saturated heterocycles. The van der Waals surface area contributed by atoms with Crippen LogP contribution in [-0.2, 0) is 23.2 Å². The number of hydrogen-bond acceptors (Lipinski definition) is 3. The third-order valence-electron chi connectivity index (χ3n) is 7.87. The van der Waals surface area contributed by atoms with Crippen molar-refractivity contribution in [1.29, 1.82) is 0 Å². The Labute approximate surface area is 259 Å². The number of benzene rings is 2. The lowest BCUT2D eigenvalue weighted by atomic mass is 9.84. The second-order valence-corrected chi connectivity index (χ2v) is 13.9. The van der Waals surface area contributed by atoms with E-state index >= 15 is 0 Å². The topological polar surface area (TPSA) is 42.2 Å². The molecule has 3 rings (SSSR count). The number of nitrogens with zero attached hydrogens (tertiary/aromatic N) is 1. The first-order valence-corrected chi connectivity index (χ1v) is 17.2. The lowest BCUT2D eigenvalue weighted by Gasteiger charge is -2.25. The third kappa shape index (κ3) is 11.9. The lowest BCUT2D eigenvalue weighted by Crippen LogP contribution is -2.31. The molecule has 4 nitrogen and oxygen atoms in total. The summed E-state index contributed by atoms with van der Waals surface area (Å²) in [5.41, 5.74) is 6.13. The van der Waals surface area contributed by atoms with Gasteiger partial charge in [-0.05, 0) is 30.4 Å². The summed E-state index contributed by atoms with van der Waals surface area (Å²) in [7, 11) is 0. The SMILES string of the molecule is CCCCCCCCCCCCCCOc1c(CC(=O)Nc2ccccc2C[n+]2csc(C)c2)cccc1C(C)(C)C. The molecule has 1 heterocycles. The predicted molar refractivity (Wildman–Crippen MR) is 179 cm³/mol. The summed E-state index contributed by atoms with van der Waals surface area (Å²) in [5.74, 6) is 0.871. The number of anilines is 1. The standard InChI is InChI=1S/C37H54N2O2S/c1-6-7-8-9-10-11-12-13-14-15-16-19-25-41-36-31(22-20-23-33(36)37(3,4)5)26-35(40)38-34-24-18-17-21-32(34)28-39-27-30(2)42-29-39/h17-18,20-24,27,29H,6-16,19,25-26,28H2,1-5H3/p+1. The average Bonchev–Trinajstić information content (AvgIpc) is 3.36. The van der Waals surface area contributed by atoms with Crippen molar-refractivity contribution in [2.75, 3.05) is 11.9 Å². The first-order valence-electron chi connectivity index (χ1n) is 16.3. The number of amides is 1. The zero-order chi connectivity index (χ0) is 30.2. The molecule has 230 valence electrons. The van der Waals surface area contributed by atoms with Crippen molar-refractivity contribution < 1.29 is 14.1 Å². The number of carbonyl (C=O) groups excluding carboxylic acids is 1. The number of aryl methyl sites for hydroxylation is 1. The van der Waals surface area contributed by atoms with Crippen LogP contribution in [0.5, 0.6) is 5.75 Å². The smallest absolute Gasteiger partial charge is 0.228 e. The molecule has 5 heteroatoms. The second-order valence-electron chi connectivity index (χ2n) is 12.8. The Morgan fingerprint density at radius 3 is 2.07 bits per heavy atom. The molecule has 0 aliphatic heterocycles. The monoisotopic (exact) mass is 591 g/mol. The van der Waals surface area contributed by atoms with Gasteiger partial charge >= 0.3 is 0 Å². The number of nitrogens with one attached hydrogen (secondary N) is 1. The van der Waals surface area contributed by atoms with Crippen molar-refractivity contribution in [3.05, 3.63) is 75.7 Å². The van der Waals surface area contributed by atoms with E-state index < -0.39 is 0 Å². The molecule has 0 saturated carbocycles. The average molecular weight is 592 g/mol. The number of hydrogen-bond donors (Lipinski definition) is 1. The molecule has 0 atom stereocenters. The van der Waals surface area contributed by atoms with Crippen LogP contribution in [0.1, 0.15) is 126 Å². The quantitative estimate of drug-likeness (QED) is 0.111. The van der Waals surface area contributed by atoms with Gasteiger partial charge in [0, 0.05) is 11.1 Å². The summed E-state index contributed by atoms with van der Waals surface area (Å²) in [6, 6.07) is 14.3. The van der Waals surface area contributed by atoms with Gasteiger partial charge in [0.2, 0.25) is 11.4 Å². The van der Waals surface area contributed by atoms with Crippen LogP contribution < -0.4 is 14.6 Å². The van der Waals surface area contributed by atoms with Gasteiger partial charge in [-0.2, -0.15) is 4.57 Å². The molecular formula is C37H55N2O2S+. The number of carbonyl (C=O) groups is 1. The van der Waals surface area contributed by atoms with Gasteiger partial charge in [0.05, 0.1) is 23.6 Å². The summed E-state index contributed by atoms with van der Waals surface area (Å²) >= 11 is 1.73. The normalized spacial score (nSPS) is 11.5. The summed E-state index contributed by atoms with van der Waals surface area (Å²) in [6.07, 6.45) is 18.3. The van der Waals surface area contributed by atoms with E-state index in [1.54, 1.807) is 11.3 Å². The number of thiazole rings is 1. The van der Waals surface area contributed by atoms with E-state index in [4.69, 9.17) is 4.74 Å². The Hall–Kier alpha value is -2.66. The summed E-state index contributed by atoms with van der Waals surface area (Å²) in [6.45, 7) is 12.4.